The normalized spacial score (nSPS) is 10.5. The van der Waals surface area contributed by atoms with E-state index in [1.54, 1.807) is 0 Å². The molecule has 17 heavy (non-hydrogen) atoms. The van der Waals surface area contributed by atoms with Gasteiger partial charge in [0.25, 0.3) is 0 Å². The van der Waals surface area contributed by atoms with Crippen molar-refractivity contribution in [2.75, 3.05) is 5.32 Å². The van der Waals surface area contributed by atoms with Crippen LogP contribution in [0.3, 0.4) is 0 Å². The van der Waals surface area contributed by atoms with Crippen molar-refractivity contribution >= 4 is 17.2 Å². The van der Waals surface area contributed by atoms with Crippen LogP contribution < -0.4 is 10.1 Å². The number of nitrogens with zero attached hydrogens (tertiary/aromatic N) is 2. The maximum absolute atomic E-state index is 5.72. The number of hydrogen-bond acceptors (Lipinski definition) is 5. The molecule has 0 aliphatic heterocycles. The van der Waals surface area contributed by atoms with Crippen molar-refractivity contribution in [3.63, 3.8) is 0 Å². The lowest BCUT2D eigenvalue weighted by Crippen LogP contribution is -2.08. The first-order valence-corrected chi connectivity index (χ1v) is 6.35. The van der Waals surface area contributed by atoms with E-state index in [0.29, 0.717) is 6.54 Å². The van der Waals surface area contributed by atoms with Crippen LogP contribution in [0.2, 0.25) is 0 Å². The fourth-order valence-corrected chi connectivity index (χ4v) is 1.87. The van der Waals surface area contributed by atoms with E-state index in [9.17, 15) is 0 Å². The Balaban J connectivity index is 2.04. The molecular weight excluding hydrogens is 234 g/mol. The van der Waals surface area contributed by atoms with Gasteiger partial charge in [0, 0.05) is 5.38 Å². The van der Waals surface area contributed by atoms with Gasteiger partial charge < -0.3 is 10.1 Å². The Bertz CT molecular complexity index is 457. The summed E-state index contributed by atoms with van der Waals surface area (Å²) < 4.78 is 9.54. The summed E-state index contributed by atoms with van der Waals surface area (Å²) in [4.78, 5) is 0. The van der Waals surface area contributed by atoms with Crippen LogP contribution in [0.15, 0.2) is 29.6 Å². The quantitative estimate of drug-likeness (QED) is 0.885. The number of anilines is 1. The average Bonchev–Trinajstić information content (AvgIpc) is 2.80. The molecule has 1 heterocycles. The highest BCUT2D eigenvalue weighted by Crippen LogP contribution is 2.25. The molecule has 0 aliphatic rings. The van der Waals surface area contributed by atoms with Crippen LogP contribution in [0.25, 0.3) is 0 Å². The molecule has 0 saturated heterocycles. The summed E-state index contributed by atoms with van der Waals surface area (Å²) in [6, 6.07) is 7.90. The van der Waals surface area contributed by atoms with Crippen molar-refractivity contribution < 1.29 is 4.74 Å². The molecule has 1 N–H and O–H groups in total. The van der Waals surface area contributed by atoms with Gasteiger partial charge in [0.1, 0.15) is 5.75 Å². The van der Waals surface area contributed by atoms with Crippen molar-refractivity contribution in [1.82, 2.24) is 9.59 Å². The van der Waals surface area contributed by atoms with Gasteiger partial charge >= 0.3 is 0 Å². The van der Waals surface area contributed by atoms with E-state index >= 15 is 0 Å². The molecular formula is C12H15N3OS. The van der Waals surface area contributed by atoms with Gasteiger partial charge in [-0.25, -0.2) is 0 Å². The first-order chi connectivity index (χ1) is 8.25. The molecule has 0 amide bonds. The molecule has 0 fully saturated rings. The smallest absolute Gasteiger partial charge is 0.142 e. The Kier molecular flexibility index (Phi) is 3.93. The highest BCUT2D eigenvalue weighted by atomic mass is 32.1. The zero-order valence-corrected chi connectivity index (χ0v) is 10.7. The van der Waals surface area contributed by atoms with Gasteiger partial charge in [-0.15, -0.1) is 5.10 Å². The van der Waals surface area contributed by atoms with Crippen molar-refractivity contribution in [3.8, 4) is 5.75 Å². The second-order valence-electron chi connectivity index (χ2n) is 3.91. The second kappa shape index (κ2) is 5.63. The summed E-state index contributed by atoms with van der Waals surface area (Å²) in [6.07, 6.45) is 0.166. The summed E-state index contributed by atoms with van der Waals surface area (Å²) in [6.45, 7) is 4.69. The van der Waals surface area contributed by atoms with Gasteiger partial charge in [0.2, 0.25) is 0 Å². The van der Waals surface area contributed by atoms with Gasteiger partial charge in [-0.2, -0.15) is 0 Å². The molecule has 0 unspecified atom stereocenters. The highest BCUT2D eigenvalue weighted by molar-refractivity contribution is 7.03. The van der Waals surface area contributed by atoms with Gasteiger partial charge in [0.05, 0.1) is 24.0 Å². The molecule has 4 nitrogen and oxygen atoms in total. The number of aromatic nitrogens is 2. The molecule has 0 bridgehead atoms. The van der Waals surface area contributed by atoms with Crippen molar-refractivity contribution in [2.24, 2.45) is 0 Å². The largest absolute Gasteiger partial charge is 0.489 e. The molecule has 90 valence electrons. The monoisotopic (exact) mass is 249 g/mol. The molecule has 1 aromatic heterocycles. The molecule has 2 aromatic rings. The first-order valence-electron chi connectivity index (χ1n) is 5.51. The van der Waals surface area contributed by atoms with Crippen molar-refractivity contribution in [2.45, 2.75) is 26.5 Å². The number of rotatable bonds is 5. The highest BCUT2D eigenvalue weighted by Gasteiger charge is 2.05. The van der Waals surface area contributed by atoms with Crippen LogP contribution >= 0.6 is 11.5 Å². The maximum atomic E-state index is 5.72. The van der Waals surface area contributed by atoms with Crippen LogP contribution in [0.1, 0.15) is 19.5 Å². The third-order valence-corrected chi connectivity index (χ3v) is 2.67. The number of benzene rings is 1. The zero-order valence-electron chi connectivity index (χ0n) is 9.88. The topological polar surface area (TPSA) is 47.0 Å². The number of hydrogen-bond donors (Lipinski definition) is 1. The van der Waals surface area contributed by atoms with E-state index in [2.05, 4.69) is 14.9 Å². The average molecular weight is 249 g/mol. The summed E-state index contributed by atoms with van der Waals surface area (Å²) >= 11 is 1.36. The summed E-state index contributed by atoms with van der Waals surface area (Å²) in [5.74, 6) is 0.866. The van der Waals surface area contributed by atoms with Crippen LogP contribution in [-0.4, -0.2) is 15.7 Å². The minimum Gasteiger partial charge on any atom is -0.489 e. The molecule has 0 atom stereocenters. The van der Waals surface area contributed by atoms with E-state index in [1.807, 2.05) is 43.5 Å². The molecule has 2 rings (SSSR count). The predicted octanol–water partition coefficient (Wildman–Crippen LogP) is 2.94. The molecule has 0 aliphatic carbocycles. The van der Waals surface area contributed by atoms with Gasteiger partial charge in [-0.1, -0.05) is 16.6 Å². The Labute approximate surface area is 105 Å². The molecule has 0 spiro atoms. The summed E-state index contributed by atoms with van der Waals surface area (Å²) in [5, 5.41) is 9.22. The lowest BCUT2D eigenvalue weighted by molar-refractivity contribution is 0.243. The van der Waals surface area contributed by atoms with Crippen molar-refractivity contribution in [1.29, 1.82) is 0 Å². The Hall–Kier alpha value is -1.62. The summed E-state index contributed by atoms with van der Waals surface area (Å²) in [7, 11) is 0. The van der Waals surface area contributed by atoms with E-state index in [0.717, 1.165) is 17.1 Å². The number of ether oxygens (including phenoxy) is 1. The van der Waals surface area contributed by atoms with Crippen LogP contribution in [-0.2, 0) is 6.54 Å². The van der Waals surface area contributed by atoms with E-state index < -0.39 is 0 Å². The van der Waals surface area contributed by atoms with Gasteiger partial charge in [-0.3, -0.25) is 0 Å². The maximum Gasteiger partial charge on any atom is 0.142 e. The Morgan fingerprint density at radius 2 is 2.18 bits per heavy atom. The number of para-hydroxylation sites is 2. The predicted molar refractivity (Wildman–Crippen MR) is 69.4 cm³/mol. The van der Waals surface area contributed by atoms with E-state index in [-0.39, 0.29) is 6.10 Å². The fourth-order valence-electron chi connectivity index (χ4n) is 1.42. The van der Waals surface area contributed by atoms with Crippen molar-refractivity contribution in [3.05, 3.63) is 35.3 Å². The fraction of sp³-hybridized carbons (Fsp3) is 0.333. The lowest BCUT2D eigenvalue weighted by atomic mass is 10.3. The minimum absolute atomic E-state index is 0.166. The second-order valence-corrected chi connectivity index (χ2v) is 4.52. The standard InChI is InChI=1S/C12H15N3OS/c1-9(2)16-12-6-4-3-5-11(12)13-7-10-8-17-15-14-10/h3-6,8-9,13H,7H2,1-2H3. The lowest BCUT2D eigenvalue weighted by Gasteiger charge is -2.14. The third-order valence-electron chi connectivity index (χ3n) is 2.11. The van der Waals surface area contributed by atoms with Crippen LogP contribution in [0.5, 0.6) is 5.75 Å². The zero-order chi connectivity index (χ0) is 12.1. The number of nitrogens with one attached hydrogen (secondary N) is 1. The molecule has 0 saturated carbocycles. The van der Waals surface area contributed by atoms with E-state index in [1.165, 1.54) is 11.5 Å². The first kappa shape index (κ1) is 11.9. The van der Waals surface area contributed by atoms with Gasteiger partial charge in [-0.05, 0) is 37.5 Å². The molecule has 1 aromatic carbocycles. The van der Waals surface area contributed by atoms with Gasteiger partial charge in [0.15, 0.2) is 0 Å². The third kappa shape index (κ3) is 3.42. The van der Waals surface area contributed by atoms with E-state index in [4.69, 9.17) is 4.74 Å². The Morgan fingerprint density at radius 1 is 1.35 bits per heavy atom. The summed E-state index contributed by atoms with van der Waals surface area (Å²) in [5.41, 5.74) is 1.92. The van der Waals surface area contributed by atoms with Crippen LogP contribution in [0.4, 0.5) is 5.69 Å². The molecule has 0 radical (unpaired) electrons. The molecule has 5 heteroatoms. The Morgan fingerprint density at radius 3 is 2.88 bits per heavy atom. The SMILES string of the molecule is CC(C)Oc1ccccc1NCc1csnn1. The minimum atomic E-state index is 0.166. The van der Waals surface area contributed by atoms with Crippen LogP contribution in [0, 0.1) is 0 Å².